The summed E-state index contributed by atoms with van der Waals surface area (Å²) in [6.45, 7) is 0.353. The maximum atomic E-state index is 13.0. The van der Waals surface area contributed by atoms with Gasteiger partial charge in [-0.25, -0.2) is 0 Å². The summed E-state index contributed by atoms with van der Waals surface area (Å²) in [5.41, 5.74) is 2.69. The van der Waals surface area contributed by atoms with Crippen molar-refractivity contribution in [3.63, 3.8) is 0 Å². The summed E-state index contributed by atoms with van der Waals surface area (Å²) < 4.78 is 7.11. The predicted octanol–water partition coefficient (Wildman–Crippen LogP) is 3.56. The Kier molecular flexibility index (Phi) is 4.33. The van der Waals surface area contributed by atoms with Crippen LogP contribution in [0.1, 0.15) is 28.9 Å². The molecule has 0 radical (unpaired) electrons. The Balaban J connectivity index is 2.02. The van der Waals surface area contributed by atoms with Gasteiger partial charge in [0.25, 0.3) is 0 Å². The Hall–Kier alpha value is -1.44. The van der Waals surface area contributed by atoms with Crippen molar-refractivity contribution in [1.29, 1.82) is 0 Å². The van der Waals surface area contributed by atoms with E-state index in [1.54, 1.807) is 30.6 Å². The molecule has 2 heterocycles. The number of ether oxygens (including phenoxy) is 1. The van der Waals surface area contributed by atoms with E-state index < -0.39 is 5.97 Å². The molecule has 1 N–H and O–H groups in total. The SMILES string of the molecule is COCn1c2c(c3ccccc31)C(=O)CC(CC(=O)O)C21SCCS1. The molecule has 0 saturated carbocycles. The molecule has 7 heteroatoms. The van der Waals surface area contributed by atoms with Gasteiger partial charge in [-0.1, -0.05) is 18.2 Å². The summed E-state index contributed by atoms with van der Waals surface area (Å²) in [4.78, 5) is 24.4. The second-order valence-corrected chi connectivity index (χ2v) is 9.31. The summed E-state index contributed by atoms with van der Waals surface area (Å²) in [5.74, 6) is 0.919. The van der Waals surface area contributed by atoms with E-state index in [2.05, 4.69) is 4.57 Å². The molecular weight excluding hydrogens is 358 g/mol. The van der Waals surface area contributed by atoms with Crippen molar-refractivity contribution < 1.29 is 19.4 Å². The number of Topliss-reactive ketones (excluding diaryl/α,β-unsaturated/α-hetero) is 1. The molecule has 4 rings (SSSR count). The van der Waals surface area contributed by atoms with Gasteiger partial charge in [-0.3, -0.25) is 9.59 Å². The number of carbonyl (C=O) groups excluding carboxylic acids is 1. The van der Waals surface area contributed by atoms with Gasteiger partial charge in [-0.05, 0) is 6.07 Å². The molecule has 0 bridgehead atoms. The van der Waals surface area contributed by atoms with Crippen molar-refractivity contribution >= 4 is 46.2 Å². The number of carboxylic acids is 1. The maximum Gasteiger partial charge on any atom is 0.303 e. The molecule has 2 aliphatic rings. The Bertz CT molecular complexity index is 854. The van der Waals surface area contributed by atoms with E-state index in [0.29, 0.717) is 13.2 Å². The number of hydrogen-bond acceptors (Lipinski definition) is 5. The number of nitrogens with zero attached hydrogens (tertiary/aromatic N) is 1. The van der Waals surface area contributed by atoms with Crippen LogP contribution in [0, 0.1) is 5.92 Å². The molecular formula is C18H19NO4S2. The Morgan fingerprint density at radius 2 is 2.08 bits per heavy atom. The van der Waals surface area contributed by atoms with Gasteiger partial charge < -0.3 is 14.4 Å². The van der Waals surface area contributed by atoms with Crippen LogP contribution in [0.4, 0.5) is 0 Å². The third-order valence-electron chi connectivity index (χ3n) is 4.94. The molecule has 25 heavy (non-hydrogen) atoms. The van der Waals surface area contributed by atoms with Gasteiger partial charge in [0.2, 0.25) is 0 Å². The highest BCUT2D eigenvalue weighted by Gasteiger charge is 2.53. The Labute approximate surface area is 154 Å². The Morgan fingerprint density at radius 3 is 2.76 bits per heavy atom. The summed E-state index contributed by atoms with van der Waals surface area (Å²) in [6, 6.07) is 7.89. The van der Waals surface area contributed by atoms with Crippen molar-refractivity contribution in [2.75, 3.05) is 18.6 Å². The van der Waals surface area contributed by atoms with Crippen molar-refractivity contribution in [1.82, 2.24) is 4.57 Å². The fourth-order valence-electron chi connectivity index (χ4n) is 4.08. The van der Waals surface area contributed by atoms with Crippen LogP contribution in [-0.4, -0.2) is 40.0 Å². The van der Waals surface area contributed by atoms with Crippen molar-refractivity contribution in [2.45, 2.75) is 23.7 Å². The zero-order valence-corrected chi connectivity index (χ0v) is 15.5. The third kappa shape index (κ3) is 2.52. The van der Waals surface area contributed by atoms with Crippen LogP contribution in [-0.2, 0) is 20.3 Å². The number of hydrogen-bond donors (Lipinski definition) is 1. The first-order valence-corrected chi connectivity index (χ1v) is 10.2. The van der Waals surface area contributed by atoms with E-state index in [-0.39, 0.29) is 22.2 Å². The number of ketones is 1. The largest absolute Gasteiger partial charge is 0.481 e. The van der Waals surface area contributed by atoms with Crippen LogP contribution in [0.25, 0.3) is 10.9 Å². The monoisotopic (exact) mass is 377 g/mol. The minimum atomic E-state index is -0.844. The lowest BCUT2D eigenvalue weighted by Gasteiger charge is -2.40. The van der Waals surface area contributed by atoms with Crippen molar-refractivity contribution in [3.8, 4) is 0 Å². The van der Waals surface area contributed by atoms with Gasteiger partial charge in [0.1, 0.15) is 10.8 Å². The van der Waals surface area contributed by atoms with E-state index in [9.17, 15) is 14.7 Å². The molecule has 2 aromatic rings. The summed E-state index contributed by atoms with van der Waals surface area (Å²) >= 11 is 3.57. The van der Waals surface area contributed by atoms with Gasteiger partial charge in [0.05, 0.1) is 17.6 Å². The van der Waals surface area contributed by atoms with Gasteiger partial charge >= 0.3 is 5.97 Å². The van der Waals surface area contributed by atoms with Crippen LogP contribution >= 0.6 is 23.5 Å². The van der Waals surface area contributed by atoms with Crippen LogP contribution in [0.3, 0.4) is 0 Å². The highest BCUT2D eigenvalue weighted by atomic mass is 32.2. The van der Waals surface area contributed by atoms with E-state index in [0.717, 1.165) is 33.7 Å². The van der Waals surface area contributed by atoms with Crippen LogP contribution in [0.5, 0.6) is 0 Å². The third-order valence-corrected chi connectivity index (χ3v) is 8.64. The van der Waals surface area contributed by atoms with Crippen molar-refractivity contribution in [3.05, 3.63) is 35.5 Å². The van der Waals surface area contributed by atoms with E-state index in [1.165, 1.54) is 0 Å². The number of fused-ring (bicyclic) bond motifs is 4. The second kappa shape index (κ2) is 6.37. The number of carboxylic acid groups (broad SMARTS) is 1. The summed E-state index contributed by atoms with van der Waals surface area (Å²) in [7, 11) is 1.64. The molecule has 1 aromatic carbocycles. The minimum Gasteiger partial charge on any atom is -0.481 e. The standard InChI is InChI=1S/C18H19NO4S2/c1-23-10-19-13-5-3-2-4-12(13)16-14(20)8-11(9-15(21)22)18(17(16)19)24-6-7-25-18/h2-5,11H,6-10H2,1H3,(H,21,22). The van der Waals surface area contributed by atoms with Gasteiger partial charge in [-0.2, -0.15) is 0 Å². The van der Waals surface area contributed by atoms with Gasteiger partial charge in [-0.15, -0.1) is 23.5 Å². The number of carbonyl (C=O) groups is 2. The number of methoxy groups -OCH3 is 1. The number of thioether (sulfide) groups is 2. The second-order valence-electron chi connectivity index (χ2n) is 6.37. The van der Waals surface area contributed by atoms with Gasteiger partial charge in [0.15, 0.2) is 5.78 Å². The number of aromatic nitrogens is 1. The zero-order valence-electron chi connectivity index (χ0n) is 13.9. The zero-order chi connectivity index (χ0) is 17.6. The van der Waals surface area contributed by atoms with E-state index in [1.807, 2.05) is 24.3 Å². The van der Waals surface area contributed by atoms with E-state index >= 15 is 0 Å². The van der Waals surface area contributed by atoms with Crippen LogP contribution in [0.15, 0.2) is 24.3 Å². The summed E-state index contributed by atoms with van der Waals surface area (Å²) in [6.07, 6.45) is 0.306. The first-order chi connectivity index (χ1) is 12.1. The van der Waals surface area contributed by atoms with Crippen molar-refractivity contribution in [2.24, 2.45) is 5.92 Å². The fourth-order valence-corrected chi connectivity index (χ4v) is 7.69. The first-order valence-electron chi connectivity index (χ1n) is 8.22. The molecule has 132 valence electrons. The highest BCUT2D eigenvalue weighted by Crippen LogP contribution is 2.62. The molecule has 1 atom stereocenters. The smallest absolute Gasteiger partial charge is 0.303 e. The number of aliphatic carboxylic acids is 1. The fraction of sp³-hybridized carbons (Fsp3) is 0.444. The number of para-hydroxylation sites is 1. The topological polar surface area (TPSA) is 68.5 Å². The number of rotatable bonds is 4. The lowest BCUT2D eigenvalue weighted by Crippen LogP contribution is -2.38. The molecule has 1 aromatic heterocycles. The molecule has 1 fully saturated rings. The Morgan fingerprint density at radius 1 is 1.36 bits per heavy atom. The molecule has 5 nitrogen and oxygen atoms in total. The van der Waals surface area contributed by atoms with Crippen LogP contribution in [0.2, 0.25) is 0 Å². The summed E-state index contributed by atoms with van der Waals surface area (Å²) in [5, 5.41) is 10.3. The molecule has 1 saturated heterocycles. The minimum absolute atomic E-state index is 0.0136. The molecule has 1 aliphatic carbocycles. The molecule has 1 aliphatic heterocycles. The van der Waals surface area contributed by atoms with E-state index in [4.69, 9.17) is 4.74 Å². The molecule has 0 amide bonds. The molecule has 1 spiro atoms. The lowest BCUT2D eigenvalue weighted by molar-refractivity contribution is -0.138. The lowest BCUT2D eigenvalue weighted by atomic mass is 9.83. The predicted molar refractivity (Wildman–Crippen MR) is 100 cm³/mol. The molecule has 1 unspecified atom stereocenters. The first kappa shape index (κ1) is 17.0. The highest BCUT2D eigenvalue weighted by molar-refractivity contribution is 8.20. The number of benzene rings is 1. The van der Waals surface area contributed by atoms with Crippen LogP contribution < -0.4 is 0 Å². The maximum absolute atomic E-state index is 13.0. The normalized spacial score (nSPS) is 21.8. The average Bonchev–Trinajstić information content (AvgIpc) is 3.17. The van der Waals surface area contributed by atoms with Gasteiger partial charge in [0, 0.05) is 41.9 Å². The average molecular weight is 377 g/mol. The quantitative estimate of drug-likeness (QED) is 0.879.